The molecule has 2 unspecified atom stereocenters. The number of rotatable bonds is 4. The summed E-state index contributed by atoms with van der Waals surface area (Å²) < 4.78 is 27.1. The van der Waals surface area contributed by atoms with Gasteiger partial charge in [0.1, 0.15) is 11.6 Å². The fourth-order valence-electron chi connectivity index (χ4n) is 3.52. The van der Waals surface area contributed by atoms with E-state index in [1.807, 2.05) is 0 Å². The van der Waals surface area contributed by atoms with Crippen molar-refractivity contribution in [2.24, 2.45) is 5.92 Å². The molecule has 0 spiro atoms. The summed E-state index contributed by atoms with van der Waals surface area (Å²) in [7, 11) is 0. The molecule has 3 rings (SSSR count). The van der Waals surface area contributed by atoms with E-state index in [0.29, 0.717) is 19.6 Å². The van der Waals surface area contributed by atoms with Crippen LogP contribution in [0.4, 0.5) is 8.78 Å². The number of hydrogen-bond acceptors (Lipinski definition) is 3. The summed E-state index contributed by atoms with van der Waals surface area (Å²) in [5, 5.41) is 6.09. The van der Waals surface area contributed by atoms with Crippen molar-refractivity contribution in [2.45, 2.75) is 31.7 Å². The zero-order chi connectivity index (χ0) is 17.8. The van der Waals surface area contributed by atoms with E-state index in [4.69, 9.17) is 0 Å². The summed E-state index contributed by atoms with van der Waals surface area (Å²) in [6.45, 7) is 2.31. The van der Waals surface area contributed by atoms with Gasteiger partial charge in [0.25, 0.3) is 5.91 Å². The number of hydrogen-bond donors (Lipinski definition) is 2. The number of carbonyl (C=O) groups excluding carboxylic acids is 2. The van der Waals surface area contributed by atoms with E-state index in [2.05, 4.69) is 10.6 Å². The van der Waals surface area contributed by atoms with Gasteiger partial charge in [0.15, 0.2) is 0 Å². The molecule has 25 heavy (non-hydrogen) atoms. The number of halogens is 2. The molecule has 2 saturated heterocycles. The molecule has 1 aromatic rings. The minimum atomic E-state index is -0.714. The molecule has 0 bridgehead atoms. The zero-order valence-electron chi connectivity index (χ0n) is 14.1. The van der Waals surface area contributed by atoms with Crippen molar-refractivity contribution in [3.63, 3.8) is 0 Å². The second-order valence-corrected chi connectivity index (χ2v) is 6.78. The van der Waals surface area contributed by atoms with Crippen molar-refractivity contribution < 1.29 is 18.4 Å². The lowest BCUT2D eigenvalue weighted by atomic mass is 9.97. The van der Waals surface area contributed by atoms with Crippen LogP contribution in [0.15, 0.2) is 18.2 Å². The molecule has 0 aromatic heterocycles. The van der Waals surface area contributed by atoms with Crippen molar-refractivity contribution in [1.82, 2.24) is 15.5 Å². The Hall–Kier alpha value is -2.02. The minimum absolute atomic E-state index is 0.00266. The Bertz CT molecular complexity index is 647. The zero-order valence-corrected chi connectivity index (χ0v) is 14.1. The number of benzene rings is 1. The molecule has 136 valence electrons. The highest BCUT2D eigenvalue weighted by atomic mass is 19.1. The maximum Gasteiger partial charge on any atom is 0.256 e. The van der Waals surface area contributed by atoms with E-state index in [-0.39, 0.29) is 23.4 Å². The molecule has 0 aliphatic carbocycles. The van der Waals surface area contributed by atoms with Crippen molar-refractivity contribution in [3.8, 4) is 0 Å². The van der Waals surface area contributed by atoms with Crippen LogP contribution in [0.2, 0.25) is 0 Å². The predicted octanol–water partition coefficient (Wildman–Crippen LogP) is 1.69. The molecule has 1 aromatic carbocycles. The fourth-order valence-corrected chi connectivity index (χ4v) is 3.52. The first-order valence-electron chi connectivity index (χ1n) is 8.80. The summed E-state index contributed by atoms with van der Waals surface area (Å²) in [5.74, 6) is -1.72. The van der Waals surface area contributed by atoms with Gasteiger partial charge < -0.3 is 15.5 Å². The second-order valence-electron chi connectivity index (χ2n) is 6.78. The first-order valence-corrected chi connectivity index (χ1v) is 8.80. The van der Waals surface area contributed by atoms with Gasteiger partial charge in [-0.2, -0.15) is 0 Å². The maximum absolute atomic E-state index is 13.8. The quantitative estimate of drug-likeness (QED) is 0.868. The van der Waals surface area contributed by atoms with Gasteiger partial charge in [-0.05, 0) is 56.3 Å². The summed E-state index contributed by atoms with van der Waals surface area (Å²) in [5.41, 5.74) is -0.236. The van der Waals surface area contributed by atoms with E-state index in [9.17, 15) is 18.4 Å². The molecule has 7 heteroatoms. The smallest absolute Gasteiger partial charge is 0.256 e. The lowest BCUT2D eigenvalue weighted by Gasteiger charge is -2.33. The standard InChI is InChI=1S/C18H23F2N3O2/c19-13-5-6-15(20)14(9-13)18(25)23-8-2-3-12(11-23)10-22-17(24)16-4-1-7-21-16/h5-6,9,12,16,21H,1-4,7-8,10-11H2,(H,22,24). The number of nitrogens with one attached hydrogen (secondary N) is 2. The normalized spacial score (nSPS) is 23.5. The minimum Gasteiger partial charge on any atom is -0.354 e. The Morgan fingerprint density at radius 3 is 2.84 bits per heavy atom. The van der Waals surface area contributed by atoms with Crippen molar-refractivity contribution in [2.75, 3.05) is 26.2 Å². The van der Waals surface area contributed by atoms with Crippen LogP contribution in [0.25, 0.3) is 0 Å². The average molecular weight is 351 g/mol. The molecule has 2 fully saturated rings. The molecular weight excluding hydrogens is 328 g/mol. The molecule has 0 radical (unpaired) electrons. The molecule has 2 atom stereocenters. The second kappa shape index (κ2) is 7.91. The van der Waals surface area contributed by atoms with Crippen LogP contribution in [0.1, 0.15) is 36.0 Å². The first kappa shape index (κ1) is 17.8. The van der Waals surface area contributed by atoms with Crippen molar-refractivity contribution in [1.29, 1.82) is 0 Å². The third-order valence-electron chi connectivity index (χ3n) is 4.91. The lowest BCUT2D eigenvalue weighted by Crippen LogP contribution is -2.46. The van der Waals surface area contributed by atoms with Gasteiger partial charge in [0, 0.05) is 19.6 Å². The van der Waals surface area contributed by atoms with Gasteiger partial charge in [-0.3, -0.25) is 9.59 Å². The number of piperidine rings is 1. The van der Waals surface area contributed by atoms with Crippen LogP contribution in [0, 0.1) is 17.6 Å². The van der Waals surface area contributed by atoms with Crippen LogP contribution < -0.4 is 10.6 Å². The summed E-state index contributed by atoms with van der Waals surface area (Å²) in [6, 6.07) is 2.79. The largest absolute Gasteiger partial charge is 0.354 e. The fraction of sp³-hybridized carbons (Fsp3) is 0.556. The highest BCUT2D eigenvalue weighted by Gasteiger charge is 2.28. The van der Waals surface area contributed by atoms with Gasteiger partial charge in [0.2, 0.25) is 5.91 Å². The molecule has 5 nitrogen and oxygen atoms in total. The van der Waals surface area contributed by atoms with Gasteiger partial charge in [0.05, 0.1) is 11.6 Å². The third-order valence-corrected chi connectivity index (χ3v) is 4.91. The molecule has 2 aliphatic heterocycles. The Kier molecular flexibility index (Phi) is 5.63. The molecule has 2 aliphatic rings. The summed E-state index contributed by atoms with van der Waals surface area (Å²) in [6.07, 6.45) is 3.53. The number of amides is 2. The van der Waals surface area contributed by atoms with E-state index in [1.54, 1.807) is 4.90 Å². The van der Waals surface area contributed by atoms with Gasteiger partial charge in [-0.15, -0.1) is 0 Å². The van der Waals surface area contributed by atoms with Crippen LogP contribution in [0.3, 0.4) is 0 Å². The van der Waals surface area contributed by atoms with E-state index < -0.39 is 17.5 Å². The van der Waals surface area contributed by atoms with E-state index >= 15 is 0 Å². The topological polar surface area (TPSA) is 61.4 Å². The van der Waals surface area contributed by atoms with Crippen LogP contribution in [-0.4, -0.2) is 48.9 Å². The lowest BCUT2D eigenvalue weighted by molar-refractivity contribution is -0.123. The Balaban J connectivity index is 1.56. The van der Waals surface area contributed by atoms with Crippen LogP contribution in [-0.2, 0) is 4.79 Å². The highest BCUT2D eigenvalue weighted by molar-refractivity contribution is 5.94. The van der Waals surface area contributed by atoms with Crippen LogP contribution >= 0.6 is 0 Å². The predicted molar refractivity (Wildman–Crippen MR) is 89.0 cm³/mol. The van der Waals surface area contributed by atoms with Gasteiger partial charge in [-0.1, -0.05) is 0 Å². The van der Waals surface area contributed by atoms with E-state index in [0.717, 1.165) is 50.4 Å². The SMILES string of the molecule is O=C(NCC1CCCN(C(=O)c2cc(F)ccc2F)C1)C1CCCN1. The van der Waals surface area contributed by atoms with Crippen molar-refractivity contribution >= 4 is 11.8 Å². The highest BCUT2D eigenvalue weighted by Crippen LogP contribution is 2.20. The van der Waals surface area contributed by atoms with Gasteiger partial charge >= 0.3 is 0 Å². The Morgan fingerprint density at radius 2 is 2.08 bits per heavy atom. The van der Waals surface area contributed by atoms with E-state index in [1.165, 1.54) is 0 Å². The third kappa shape index (κ3) is 4.34. The number of nitrogens with zero attached hydrogens (tertiary/aromatic N) is 1. The molecular formula is C18H23F2N3O2. The van der Waals surface area contributed by atoms with Crippen LogP contribution in [0.5, 0.6) is 0 Å². The summed E-state index contributed by atoms with van der Waals surface area (Å²) in [4.78, 5) is 26.1. The number of likely N-dealkylation sites (tertiary alicyclic amines) is 1. The first-order chi connectivity index (χ1) is 12.0. The monoisotopic (exact) mass is 351 g/mol. The maximum atomic E-state index is 13.8. The Morgan fingerprint density at radius 1 is 1.24 bits per heavy atom. The summed E-state index contributed by atoms with van der Waals surface area (Å²) >= 11 is 0. The average Bonchev–Trinajstić information content (AvgIpc) is 3.16. The molecule has 2 heterocycles. The molecule has 2 N–H and O–H groups in total. The van der Waals surface area contributed by atoms with Crippen molar-refractivity contribution in [3.05, 3.63) is 35.4 Å². The molecule has 2 amide bonds. The molecule has 0 saturated carbocycles. The van der Waals surface area contributed by atoms with Gasteiger partial charge in [-0.25, -0.2) is 8.78 Å². The Labute approximate surface area is 145 Å². The number of carbonyl (C=O) groups is 2.